The Morgan fingerprint density at radius 1 is 1.26 bits per heavy atom. The van der Waals surface area contributed by atoms with Crippen molar-refractivity contribution >= 4 is 38.4 Å². The normalized spacial score (nSPS) is 11.6. The van der Waals surface area contributed by atoms with Gasteiger partial charge >= 0.3 is 5.97 Å². The second-order valence-corrected chi connectivity index (χ2v) is 8.71. The summed E-state index contributed by atoms with van der Waals surface area (Å²) in [7, 11) is -2.11. The van der Waals surface area contributed by atoms with Crippen molar-refractivity contribution in [3.05, 3.63) is 40.9 Å². The van der Waals surface area contributed by atoms with Crippen LogP contribution in [0.15, 0.2) is 34.5 Å². The Morgan fingerprint density at radius 3 is 2.44 bits per heavy atom. The number of amides is 1. The molecule has 2 rings (SSSR count). The Hall–Kier alpha value is -2.30. The van der Waals surface area contributed by atoms with Gasteiger partial charge in [0.15, 0.2) is 10.8 Å². The largest absolute Gasteiger partial charge is 0.461 e. The number of ether oxygens (including phenoxy) is 1. The van der Waals surface area contributed by atoms with Crippen molar-refractivity contribution in [3.8, 4) is 0 Å². The van der Waals surface area contributed by atoms with Crippen molar-refractivity contribution in [3.63, 3.8) is 0 Å². The minimum atomic E-state index is -3.61. The fourth-order valence-electron chi connectivity index (χ4n) is 2.02. The zero-order valence-electron chi connectivity index (χ0n) is 15.4. The summed E-state index contributed by atoms with van der Waals surface area (Å²) in [6.07, 6.45) is 0. The van der Waals surface area contributed by atoms with E-state index in [1.165, 1.54) is 41.0 Å². The second-order valence-electron chi connectivity index (χ2n) is 5.85. The molecule has 1 heterocycles. The number of sulfonamides is 1. The number of anilines is 1. The molecule has 146 valence electrons. The summed E-state index contributed by atoms with van der Waals surface area (Å²) in [6, 6.07) is 5.44. The Balaban J connectivity index is 2.11. The average molecular weight is 412 g/mol. The fourth-order valence-corrected chi connectivity index (χ4v) is 4.06. The van der Waals surface area contributed by atoms with Crippen LogP contribution in [-0.2, 0) is 14.8 Å². The Kier molecular flexibility index (Phi) is 6.68. The maximum absolute atomic E-state index is 12.4. The molecule has 27 heavy (non-hydrogen) atoms. The van der Waals surface area contributed by atoms with Gasteiger partial charge in [0.2, 0.25) is 10.0 Å². The third kappa shape index (κ3) is 4.90. The third-order valence-corrected chi connectivity index (χ3v) is 6.54. The molecule has 0 spiro atoms. The van der Waals surface area contributed by atoms with Crippen molar-refractivity contribution in [1.82, 2.24) is 9.29 Å². The summed E-state index contributed by atoms with van der Waals surface area (Å²) in [5.41, 5.74) is 0.393. The molecule has 0 bridgehead atoms. The van der Waals surface area contributed by atoms with E-state index in [0.717, 1.165) is 11.3 Å². The van der Waals surface area contributed by atoms with Gasteiger partial charge in [0.05, 0.1) is 11.5 Å². The van der Waals surface area contributed by atoms with E-state index in [2.05, 4.69) is 10.3 Å². The van der Waals surface area contributed by atoms with Crippen molar-refractivity contribution in [2.75, 3.05) is 19.0 Å². The standard InChI is InChI=1S/C17H21N3O5S2/c1-5-25-16(22)14-10-26-17(18-14)19-15(21)12-6-8-13(9-7-12)27(23,24)20(4)11(2)3/h6-11H,5H2,1-4H3,(H,18,19,21). The van der Waals surface area contributed by atoms with E-state index in [9.17, 15) is 18.0 Å². The first kappa shape index (κ1) is 21.0. The minimum Gasteiger partial charge on any atom is -0.461 e. The topological polar surface area (TPSA) is 106 Å². The van der Waals surface area contributed by atoms with Crippen molar-refractivity contribution in [2.24, 2.45) is 0 Å². The summed E-state index contributed by atoms with van der Waals surface area (Å²) in [5, 5.41) is 4.32. The van der Waals surface area contributed by atoms with Gasteiger partial charge in [-0.15, -0.1) is 11.3 Å². The molecule has 0 saturated heterocycles. The molecule has 8 nitrogen and oxygen atoms in total. The molecule has 1 aromatic heterocycles. The van der Waals surface area contributed by atoms with E-state index < -0.39 is 21.9 Å². The van der Waals surface area contributed by atoms with Crippen LogP contribution < -0.4 is 5.32 Å². The molecule has 1 N–H and O–H groups in total. The molecular weight excluding hydrogens is 390 g/mol. The quantitative estimate of drug-likeness (QED) is 0.702. The molecule has 0 unspecified atom stereocenters. The van der Waals surface area contributed by atoms with Gasteiger partial charge in [-0.25, -0.2) is 18.2 Å². The third-order valence-electron chi connectivity index (χ3n) is 3.73. The van der Waals surface area contributed by atoms with Crippen LogP contribution in [0, 0.1) is 0 Å². The number of rotatable bonds is 7. The highest BCUT2D eigenvalue weighted by Gasteiger charge is 2.23. The number of hydrogen-bond acceptors (Lipinski definition) is 7. The number of carbonyl (C=O) groups excluding carboxylic acids is 2. The highest BCUT2D eigenvalue weighted by atomic mass is 32.2. The van der Waals surface area contributed by atoms with Crippen molar-refractivity contribution in [2.45, 2.75) is 31.7 Å². The van der Waals surface area contributed by atoms with E-state index in [1.54, 1.807) is 20.8 Å². The Morgan fingerprint density at radius 2 is 1.89 bits per heavy atom. The van der Waals surface area contributed by atoms with Gasteiger partial charge in [0.25, 0.3) is 5.91 Å². The van der Waals surface area contributed by atoms with Gasteiger partial charge in [-0.1, -0.05) is 0 Å². The van der Waals surface area contributed by atoms with Crippen molar-refractivity contribution in [1.29, 1.82) is 0 Å². The Labute approximate surface area is 162 Å². The molecule has 0 fully saturated rings. The molecule has 0 atom stereocenters. The zero-order chi connectivity index (χ0) is 20.2. The van der Waals surface area contributed by atoms with E-state index in [4.69, 9.17) is 4.74 Å². The summed E-state index contributed by atoms with van der Waals surface area (Å²) in [6.45, 7) is 5.48. The fraction of sp³-hybridized carbons (Fsp3) is 0.353. The van der Waals surface area contributed by atoms with Crippen LogP contribution in [0.25, 0.3) is 0 Å². The number of hydrogen-bond donors (Lipinski definition) is 1. The smallest absolute Gasteiger partial charge is 0.357 e. The van der Waals surface area contributed by atoms with E-state index in [0.29, 0.717) is 0 Å². The molecule has 2 aromatic rings. The zero-order valence-corrected chi connectivity index (χ0v) is 17.1. The lowest BCUT2D eigenvalue weighted by molar-refractivity contribution is 0.0520. The molecular formula is C17H21N3O5S2. The molecule has 1 amide bonds. The van der Waals surface area contributed by atoms with Crippen LogP contribution in [0.2, 0.25) is 0 Å². The van der Waals surface area contributed by atoms with Crippen molar-refractivity contribution < 1.29 is 22.7 Å². The highest BCUT2D eigenvalue weighted by molar-refractivity contribution is 7.89. The lowest BCUT2D eigenvalue weighted by atomic mass is 10.2. The van der Waals surface area contributed by atoms with E-state index in [1.807, 2.05) is 0 Å². The summed E-state index contributed by atoms with van der Waals surface area (Å²) < 4.78 is 31.0. The summed E-state index contributed by atoms with van der Waals surface area (Å²) in [4.78, 5) is 28.0. The molecule has 1 aromatic carbocycles. The number of carbonyl (C=O) groups is 2. The second kappa shape index (κ2) is 8.59. The monoisotopic (exact) mass is 411 g/mol. The average Bonchev–Trinajstić information content (AvgIpc) is 3.09. The SMILES string of the molecule is CCOC(=O)c1csc(NC(=O)c2ccc(S(=O)(=O)N(C)C(C)C)cc2)n1. The molecule has 0 saturated carbocycles. The molecule has 0 aliphatic heterocycles. The first-order valence-corrected chi connectivity index (χ1v) is 10.5. The van der Waals surface area contributed by atoms with Gasteiger partial charge in [-0.3, -0.25) is 10.1 Å². The number of benzene rings is 1. The number of nitrogens with zero attached hydrogens (tertiary/aromatic N) is 2. The maximum atomic E-state index is 12.4. The summed E-state index contributed by atoms with van der Waals surface area (Å²) >= 11 is 1.09. The van der Waals surface area contributed by atoms with Crippen LogP contribution >= 0.6 is 11.3 Å². The Bertz CT molecular complexity index is 920. The van der Waals surface area contributed by atoms with Gasteiger partial charge in [-0.2, -0.15) is 4.31 Å². The molecule has 0 radical (unpaired) electrons. The van der Waals surface area contributed by atoms with Gasteiger partial charge < -0.3 is 4.74 Å². The van der Waals surface area contributed by atoms with Crippen LogP contribution in [0.3, 0.4) is 0 Å². The van der Waals surface area contributed by atoms with Gasteiger partial charge in [0, 0.05) is 24.0 Å². The first-order valence-electron chi connectivity index (χ1n) is 8.19. The van der Waals surface area contributed by atoms with Gasteiger partial charge in [-0.05, 0) is 45.0 Å². The highest BCUT2D eigenvalue weighted by Crippen LogP contribution is 2.20. The lowest BCUT2D eigenvalue weighted by Gasteiger charge is -2.20. The van der Waals surface area contributed by atoms with Gasteiger partial charge in [0.1, 0.15) is 0 Å². The summed E-state index contributed by atoms with van der Waals surface area (Å²) in [5.74, 6) is -1.01. The molecule has 0 aliphatic carbocycles. The minimum absolute atomic E-state index is 0.106. The maximum Gasteiger partial charge on any atom is 0.357 e. The number of thiazole rings is 1. The van der Waals surface area contributed by atoms with E-state index >= 15 is 0 Å². The van der Waals surface area contributed by atoms with Crippen LogP contribution in [0.5, 0.6) is 0 Å². The first-order chi connectivity index (χ1) is 12.7. The predicted molar refractivity (Wildman–Crippen MR) is 103 cm³/mol. The molecule has 0 aliphatic rings. The predicted octanol–water partition coefficient (Wildman–Crippen LogP) is 2.60. The van der Waals surface area contributed by atoms with Crippen LogP contribution in [-0.4, -0.2) is 49.3 Å². The molecule has 10 heteroatoms. The number of esters is 1. The number of aromatic nitrogens is 1. The lowest BCUT2D eigenvalue weighted by Crippen LogP contribution is -2.33. The van der Waals surface area contributed by atoms with Crippen LogP contribution in [0.1, 0.15) is 41.6 Å². The van der Waals surface area contributed by atoms with E-state index in [-0.39, 0.29) is 33.9 Å². The number of nitrogens with one attached hydrogen (secondary N) is 1. The van der Waals surface area contributed by atoms with Crippen LogP contribution in [0.4, 0.5) is 5.13 Å².